The zero-order valence-corrected chi connectivity index (χ0v) is 12.1. The van der Waals surface area contributed by atoms with Gasteiger partial charge in [-0.15, -0.1) is 0 Å². The third-order valence-electron chi connectivity index (χ3n) is 3.61. The molecule has 0 radical (unpaired) electrons. The molecule has 0 aliphatic heterocycles. The first-order chi connectivity index (χ1) is 10.2. The molecule has 4 heteroatoms. The van der Waals surface area contributed by atoms with E-state index >= 15 is 0 Å². The van der Waals surface area contributed by atoms with Gasteiger partial charge in [-0.05, 0) is 41.8 Å². The summed E-state index contributed by atoms with van der Waals surface area (Å²) in [4.78, 5) is 12.1. The largest absolute Gasteiger partial charge is 0.497 e. The summed E-state index contributed by atoms with van der Waals surface area (Å²) < 4.78 is 12.2. The van der Waals surface area contributed by atoms with Crippen molar-refractivity contribution in [1.29, 1.82) is 0 Å². The van der Waals surface area contributed by atoms with Gasteiger partial charge >= 0.3 is 5.76 Å². The lowest BCUT2D eigenvalue weighted by Crippen LogP contribution is -2.14. The second-order valence-electron chi connectivity index (χ2n) is 4.96. The predicted molar refractivity (Wildman–Crippen MR) is 81.9 cm³/mol. The Balaban J connectivity index is 2.06. The summed E-state index contributed by atoms with van der Waals surface area (Å²) in [5.41, 5.74) is 3.64. The Morgan fingerprint density at radius 1 is 1.14 bits per heavy atom. The molecule has 108 valence electrons. The van der Waals surface area contributed by atoms with Gasteiger partial charge in [-0.2, -0.15) is 0 Å². The van der Waals surface area contributed by atoms with Crippen LogP contribution in [0.2, 0.25) is 0 Å². The maximum atomic E-state index is 12.1. The Morgan fingerprint density at radius 2 is 2.00 bits per heavy atom. The summed E-state index contributed by atoms with van der Waals surface area (Å²) in [7, 11) is 1.63. The van der Waals surface area contributed by atoms with E-state index in [4.69, 9.17) is 9.15 Å². The molecule has 21 heavy (non-hydrogen) atoms. The van der Waals surface area contributed by atoms with Gasteiger partial charge in [-0.3, -0.25) is 4.57 Å². The number of methoxy groups -OCH3 is 1. The van der Waals surface area contributed by atoms with Crippen molar-refractivity contribution < 1.29 is 9.15 Å². The lowest BCUT2D eigenvalue weighted by molar-refractivity contribution is 0.414. The van der Waals surface area contributed by atoms with E-state index in [9.17, 15) is 4.79 Å². The van der Waals surface area contributed by atoms with Crippen molar-refractivity contribution in [2.24, 2.45) is 0 Å². The van der Waals surface area contributed by atoms with Gasteiger partial charge in [0.1, 0.15) is 5.75 Å². The zero-order valence-electron chi connectivity index (χ0n) is 12.1. The van der Waals surface area contributed by atoms with Crippen molar-refractivity contribution in [3.05, 3.63) is 64.1 Å². The van der Waals surface area contributed by atoms with E-state index in [0.29, 0.717) is 12.1 Å². The highest BCUT2D eigenvalue weighted by Crippen LogP contribution is 2.18. The molecule has 0 spiro atoms. The average molecular weight is 283 g/mol. The molecule has 4 nitrogen and oxygen atoms in total. The molecule has 1 aromatic heterocycles. The van der Waals surface area contributed by atoms with Crippen LogP contribution in [0, 0.1) is 0 Å². The number of nitrogens with zero attached hydrogens (tertiary/aromatic N) is 1. The Morgan fingerprint density at radius 3 is 2.76 bits per heavy atom. The number of oxazole rings is 1. The van der Waals surface area contributed by atoms with Crippen molar-refractivity contribution in [1.82, 2.24) is 4.57 Å². The van der Waals surface area contributed by atoms with Gasteiger partial charge in [0.15, 0.2) is 5.58 Å². The average Bonchev–Trinajstić information content (AvgIpc) is 2.82. The second-order valence-corrected chi connectivity index (χ2v) is 4.96. The lowest BCUT2D eigenvalue weighted by atomic mass is 10.1. The molecule has 0 amide bonds. The van der Waals surface area contributed by atoms with Gasteiger partial charge in [0.2, 0.25) is 0 Å². The summed E-state index contributed by atoms with van der Waals surface area (Å²) >= 11 is 0. The van der Waals surface area contributed by atoms with Crippen molar-refractivity contribution >= 4 is 11.1 Å². The summed E-state index contributed by atoms with van der Waals surface area (Å²) in [6.07, 6.45) is 0.925. The molecule has 0 N–H and O–H groups in total. The van der Waals surface area contributed by atoms with Crippen LogP contribution in [0.15, 0.2) is 51.7 Å². The Labute approximate surface area is 122 Å². The van der Waals surface area contributed by atoms with Crippen LogP contribution >= 0.6 is 0 Å². The summed E-state index contributed by atoms with van der Waals surface area (Å²) in [5.74, 6) is 0.448. The third kappa shape index (κ3) is 2.57. The Kier molecular flexibility index (Phi) is 3.52. The molecule has 0 aliphatic rings. The molecule has 1 heterocycles. The van der Waals surface area contributed by atoms with Crippen LogP contribution in [-0.4, -0.2) is 11.7 Å². The molecule has 0 bridgehead atoms. The van der Waals surface area contributed by atoms with Gasteiger partial charge in [-0.25, -0.2) is 4.79 Å². The van der Waals surface area contributed by atoms with Crippen LogP contribution in [0.5, 0.6) is 5.75 Å². The first kappa shape index (κ1) is 13.5. The van der Waals surface area contributed by atoms with E-state index in [-0.39, 0.29) is 5.76 Å². The minimum Gasteiger partial charge on any atom is -0.497 e. The smallest absolute Gasteiger partial charge is 0.420 e. The number of aromatic nitrogens is 1. The number of ether oxygens (including phenoxy) is 1. The van der Waals surface area contributed by atoms with Gasteiger partial charge in [0, 0.05) is 0 Å². The first-order valence-corrected chi connectivity index (χ1v) is 6.96. The van der Waals surface area contributed by atoms with E-state index in [1.165, 1.54) is 5.56 Å². The fourth-order valence-electron chi connectivity index (χ4n) is 2.43. The number of benzene rings is 2. The van der Waals surface area contributed by atoms with Gasteiger partial charge < -0.3 is 9.15 Å². The van der Waals surface area contributed by atoms with Gasteiger partial charge in [0.25, 0.3) is 0 Å². The van der Waals surface area contributed by atoms with Gasteiger partial charge in [-0.1, -0.05) is 25.1 Å². The van der Waals surface area contributed by atoms with Crippen molar-refractivity contribution in [2.45, 2.75) is 19.9 Å². The van der Waals surface area contributed by atoms with E-state index in [0.717, 1.165) is 23.3 Å². The van der Waals surface area contributed by atoms with Crippen LogP contribution in [-0.2, 0) is 13.0 Å². The highest BCUT2D eigenvalue weighted by atomic mass is 16.5. The topological polar surface area (TPSA) is 44.4 Å². The number of hydrogen-bond acceptors (Lipinski definition) is 3. The highest BCUT2D eigenvalue weighted by molar-refractivity contribution is 5.74. The molecular weight excluding hydrogens is 266 g/mol. The van der Waals surface area contributed by atoms with Gasteiger partial charge in [0.05, 0.1) is 19.2 Å². The fourth-order valence-corrected chi connectivity index (χ4v) is 2.43. The standard InChI is InChI=1S/C17H17NO3/c1-3-12-7-8-16-15(10-12)18(17(19)21-16)11-13-5-4-6-14(9-13)20-2/h4-10H,3,11H2,1-2H3. The fraction of sp³-hybridized carbons (Fsp3) is 0.235. The van der Waals surface area contributed by atoms with E-state index in [1.54, 1.807) is 11.7 Å². The minimum atomic E-state index is -0.332. The molecular formula is C17H17NO3. The Hall–Kier alpha value is -2.49. The highest BCUT2D eigenvalue weighted by Gasteiger charge is 2.10. The molecule has 0 atom stereocenters. The summed E-state index contributed by atoms with van der Waals surface area (Å²) in [5, 5.41) is 0. The monoisotopic (exact) mass is 283 g/mol. The number of hydrogen-bond donors (Lipinski definition) is 0. The minimum absolute atomic E-state index is 0.332. The number of rotatable bonds is 4. The molecule has 0 fully saturated rings. The molecule has 0 aliphatic carbocycles. The lowest BCUT2D eigenvalue weighted by Gasteiger charge is -2.06. The third-order valence-corrected chi connectivity index (χ3v) is 3.61. The van der Waals surface area contributed by atoms with E-state index in [1.807, 2.05) is 42.5 Å². The zero-order chi connectivity index (χ0) is 14.8. The normalized spacial score (nSPS) is 11.0. The first-order valence-electron chi connectivity index (χ1n) is 6.96. The molecule has 3 rings (SSSR count). The maximum Gasteiger partial charge on any atom is 0.420 e. The van der Waals surface area contributed by atoms with Crippen molar-refractivity contribution in [3.63, 3.8) is 0 Å². The second kappa shape index (κ2) is 5.48. The van der Waals surface area contributed by atoms with E-state index in [2.05, 4.69) is 6.92 Å². The molecule has 2 aromatic carbocycles. The van der Waals surface area contributed by atoms with Crippen LogP contribution in [0.25, 0.3) is 11.1 Å². The Bertz CT molecular complexity index is 829. The quantitative estimate of drug-likeness (QED) is 0.738. The number of aryl methyl sites for hydroxylation is 1. The van der Waals surface area contributed by atoms with Crippen LogP contribution in [0.3, 0.4) is 0 Å². The number of fused-ring (bicyclic) bond motifs is 1. The maximum absolute atomic E-state index is 12.1. The van der Waals surface area contributed by atoms with Crippen molar-refractivity contribution in [2.75, 3.05) is 7.11 Å². The van der Waals surface area contributed by atoms with Crippen LogP contribution in [0.1, 0.15) is 18.1 Å². The predicted octanol–water partition coefficient (Wildman–Crippen LogP) is 3.21. The molecule has 0 unspecified atom stereocenters. The van der Waals surface area contributed by atoms with Crippen LogP contribution in [0.4, 0.5) is 0 Å². The van der Waals surface area contributed by atoms with Crippen LogP contribution < -0.4 is 10.5 Å². The summed E-state index contributed by atoms with van der Waals surface area (Å²) in [6, 6.07) is 13.6. The molecule has 0 saturated heterocycles. The summed E-state index contributed by atoms with van der Waals surface area (Å²) in [6.45, 7) is 2.56. The van der Waals surface area contributed by atoms with E-state index < -0.39 is 0 Å². The molecule has 0 saturated carbocycles. The van der Waals surface area contributed by atoms with Crippen molar-refractivity contribution in [3.8, 4) is 5.75 Å². The molecule has 3 aromatic rings. The SMILES string of the molecule is CCc1ccc2oc(=O)n(Cc3cccc(OC)c3)c2c1.